The maximum Gasteiger partial charge on any atom is 0.240 e. The van der Waals surface area contributed by atoms with Crippen LogP contribution in [0.4, 0.5) is 0 Å². The molecular weight excluding hydrogens is 310 g/mol. The Balaban J connectivity index is 1.65. The quantitative estimate of drug-likeness (QED) is 0.614. The normalized spacial score (nSPS) is 16.4. The fourth-order valence-electron chi connectivity index (χ4n) is 2.64. The first kappa shape index (κ1) is 18.8. The Kier molecular flexibility index (Phi) is 8.14. The largest absolute Gasteiger partial charge is 0.383 e. The van der Waals surface area contributed by atoms with Crippen LogP contribution in [0.25, 0.3) is 0 Å². The molecule has 1 amide bonds. The summed E-state index contributed by atoms with van der Waals surface area (Å²) in [6, 6.07) is 0. The minimum Gasteiger partial charge on any atom is -0.383 e. The fourth-order valence-corrected chi connectivity index (χ4v) is 2.64. The first-order valence-electron chi connectivity index (χ1n) is 8.73. The van der Waals surface area contributed by atoms with E-state index in [1.807, 2.05) is 0 Å². The highest BCUT2D eigenvalue weighted by atomic mass is 16.5. The summed E-state index contributed by atoms with van der Waals surface area (Å²) < 4.78 is 10.2. The second-order valence-corrected chi connectivity index (χ2v) is 6.10. The van der Waals surface area contributed by atoms with Crippen molar-refractivity contribution in [2.24, 2.45) is 0 Å². The van der Waals surface area contributed by atoms with Crippen LogP contribution in [0.5, 0.6) is 0 Å². The van der Waals surface area contributed by atoms with Gasteiger partial charge in [0, 0.05) is 46.3 Å². The first-order valence-corrected chi connectivity index (χ1v) is 8.73. The molecule has 0 bridgehead atoms. The molecule has 2 rings (SSSR count). The van der Waals surface area contributed by atoms with Gasteiger partial charge in [0.15, 0.2) is 5.82 Å². The number of aromatic nitrogens is 2. The van der Waals surface area contributed by atoms with Gasteiger partial charge < -0.3 is 14.6 Å². The van der Waals surface area contributed by atoms with E-state index in [0.717, 1.165) is 51.3 Å². The van der Waals surface area contributed by atoms with Gasteiger partial charge in [-0.3, -0.25) is 14.6 Å². The number of unbranched alkanes of at least 4 members (excludes halogenated alkanes) is 1. The summed E-state index contributed by atoms with van der Waals surface area (Å²) in [5.74, 6) is 1.54. The molecule has 1 aliphatic rings. The van der Waals surface area contributed by atoms with Gasteiger partial charge >= 0.3 is 0 Å². The molecule has 0 saturated carbocycles. The molecule has 0 aromatic carbocycles. The third-order valence-electron chi connectivity index (χ3n) is 4.08. The highest BCUT2D eigenvalue weighted by molar-refractivity contribution is 5.77. The van der Waals surface area contributed by atoms with Crippen LogP contribution in [0.1, 0.15) is 31.5 Å². The van der Waals surface area contributed by atoms with E-state index < -0.39 is 0 Å². The zero-order chi connectivity index (χ0) is 17.2. The van der Waals surface area contributed by atoms with Crippen molar-refractivity contribution in [3.05, 3.63) is 11.7 Å². The van der Waals surface area contributed by atoms with Gasteiger partial charge in [0.25, 0.3) is 0 Å². The van der Waals surface area contributed by atoms with Gasteiger partial charge in [-0.1, -0.05) is 18.5 Å². The zero-order valence-electron chi connectivity index (χ0n) is 14.8. The standard InChI is InChI=1S/C16H29N5O3/c1-3-4-5-14-18-16(24-19-14)13-21-9-7-20(8-10-21)12-15(22)17-6-11-23-2/h3-13H2,1-2H3,(H,17,22). The SMILES string of the molecule is CCCCc1noc(CN2CCN(CC(=O)NCCOC)CC2)n1. The van der Waals surface area contributed by atoms with E-state index in [4.69, 9.17) is 9.26 Å². The molecular formula is C16H29N5O3. The van der Waals surface area contributed by atoms with E-state index in [0.29, 0.717) is 32.1 Å². The lowest BCUT2D eigenvalue weighted by atomic mass is 10.2. The van der Waals surface area contributed by atoms with Crippen LogP contribution in [-0.4, -0.2) is 78.8 Å². The van der Waals surface area contributed by atoms with Gasteiger partial charge in [-0.25, -0.2) is 0 Å². The number of rotatable bonds is 10. The second-order valence-electron chi connectivity index (χ2n) is 6.10. The van der Waals surface area contributed by atoms with Gasteiger partial charge in [-0.05, 0) is 6.42 Å². The van der Waals surface area contributed by atoms with Crippen molar-refractivity contribution in [3.63, 3.8) is 0 Å². The number of carbonyl (C=O) groups is 1. The molecule has 8 heteroatoms. The number of piperazine rings is 1. The molecule has 1 fully saturated rings. The van der Waals surface area contributed by atoms with Gasteiger partial charge in [0.1, 0.15) is 0 Å². The summed E-state index contributed by atoms with van der Waals surface area (Å²) in [5.41, 5.74) is 0. The molecule has 0 radical (unpaired) electrons. The van der Waals surface area contributed by atoms with E-state index in [1.165, 1.54) is 0 Å². The Morgan fingerprint density at radius 1 is 1.29 bits per heavy atom. The lowest BCUT2D eigenvalue weighted by Gasteiger charge is -2.33. The number of methoxy groups -OCH3 is 1. The van der Waals surface area contributed by atoms with Gasteiger partial charge in [0.2, 0.25) is 11.8 Å². The van der Waals surface area contributed by atoms with Crippen molar-refractivity contribution in [3.8, 4) is 0 Å². The van der Waals surface area contributed by atoms with Crippen molar-refractivity contribution in [1.82, 2.24) is 25.3 Å². The third kappa shape index (κ3) is 6.54. The van der Waals surface area contributed by atoms with E-state index in [1.54, 1.807) is 7.11 Å². The van der Waals surface area contributed by atoms with E-state index in [9.17, 15) is 4.79 Å². The Hall–Kier alpha value is -1.51. The lowest BCUT2D eigenvalue weighted by molar-refractivity contribution is -0.122. The number of carbonyl (C=O) groups excluding carboxylic acids is 1. The van der Waals surface area contributed by atoms with Crippen LogP contribution in [0.15, 0.2) is 4.52 Å². The number of nitrogens with one attached hydrogen (secondary N) is 1. The Morgan fingerprint density at radius 3 is 2.75 bits per heavy atom. The summed E-state index contributed by atoms with van der Waals surface area (Å²) in [6.07, 6.45) is 3.10. The van der Waals surface area contributed by atoms with Crippen molar-refractivity contribution >= 4 is 5.91 Å². The zero-order valence-corrected chi connectivity index (χ0v) is 14.8. The minimum absolute atomic E-state index is 0.0537. The lowest BCUT2D eigenvalue weighted by Crippen LogP contribution is -2.49. The molecule has 0 unspecified atom stereocenters. The van der Waals surface area contributed by atoms with Crippen molar-refractivity contribution in [1.29, 1.82) is 0 Å². The predicted molar refractivity (Wildman–Crippen MR) is 89.5 cm³/mol. The van der Waals surface area contributed by atoms with E-state index in [2.05, 4.69) is 32.2 Å². The smallest absolute Gasteiger partial charge is 0.240 e. The van der Waals surface area contributed by atoms with Gasteiger partial charge in [-0.2, -0.15) is 4.98 Å². The Bertz CT molecular complexity index is 486. The van der Waals surface area contributed by atoms with E-state index in [-0.39, 0.29) is 5.91 Å². The molecule has 24 heavy (non-hydrogen) atoms. The number of hydrogen-bond donors (Lipinski definition) is 1. The van der Waals surface area contributed by atoms with Crippen molar-refractivity contribution in [2.75, 3.05) is 53.0 Å². The molecule has 2 heterocycles. The highest BCUT2D eigenvalue weighted by Crippen LogP contribution is 2.08. The number of ether oxygens (including phenoxy) is 1. The van der Waals surface area contributed by atoms with Crippen LogP contribution in [0.3, 0.4) is 0 Å². The molecule has 1 N–H and O–H groups in total. The Labute approximate surface area is 143 Å². The minimum atomic E-state index is 0.0537. The fraction of sp³-hybridized carbons (Fsp3) is 0.812. The van der Waals surface area contributed by atoms with Crippen LogP contribution in [0, 0.1) is 0 Å². The number of amides is 1. The molecule has 1 saturated heterocycles. The van der Waals surface area contributed by atoms with Crippen molar-refractivity contribution < 1.29 is 14.1 Å². The summed E-state index contributed by atoms with van der Waals surface area (Å²) in [5, 5.41) is 6.87. The van der Waals surface area contributed by atoms with Crippen molar-refractivity contribution in [2.45, 2.75) is 32.7 Å². The highest BCUT2D eigenvalue weighted by Gasteiger charge is 2.20. The molecule has 8 nitrogen and oxygen atoms in total. The monoisotopic (exact) mass is 339 g/mol. The maximum absolute atomic E-state index is 11.8. The predicted octanol–water partition coefficient (Wildman–Crippen LogP) is 0.292. The molecule has 1 aromatic rings. The molecule has 1 aromatic heterocycles. The molecule has 0 aliphatic carbocycles. The summed E-state index contributed by atoms with van der Waals surface area (Å²) in [4.78, 5) is 20.7. The Morgan fingerprint density at radius 2 is 2.04 bits per heavy atom. The summed E-state index contributed by atoms with van der Waals surface area (Å²) in [7, 11) is 1.63. The number of aryl methyl sites for hydroxylation is 1. The molecule has 0 atom stereocenters. The average molecular weight is 339 g/mol. The average Bonchev–Trinajstić information content (AvgIpc) is 3.02. The first-order chi connectivity index (χ1) is 11.7. The number of hydrogen-bond acceptors (Lipinski definition) is 7. The third-order valence-corrected chi connectivity index (χ3v) is 4.08. The van der Waals surface area contributed by atoms with E-state index >= 15 is 0 Å². The van der Waals surface area contributed by atoms with Crippen LogP contribution < -0.4 is 5.32 Å². The van der Waals surface area contributed by atoms with Gasteiger partial charge in [0.05, 0.1) is 19.7 Å². The molecule has 0 spiro atoms. The molecule has 136 valence electrons. The maximum atomic E-state index is 11.8. The second kappa shape index (κ2) is 10.4. The topological polar surface area (TPSA) is 83.7 Å². The van der Waals surface area contributed by atoms with Gasteiger partial charge in [-0.15, -0.1) is 0 Å². The molecule has 1 aliphatic heterocycles. The summed E-state index contributed by atoms with van der Waals surface area (Å²) >= 11 is 0. The van der Waals surface area contributed by atoms with Crippen LogP contribution in [-0.2, 0) is 22.5 Å². The summed E-state index contributed by atoms with van der Waals surface area (Å²) in [6.45, 7) is 7.93. The van der Waals surface area contributed by atoms with Crippen LogP contribution >= 0.6 is 0 Å². The number of nitrogens with zero attached hydrogens (tertiary/aromatic N) is 4. The van der Waals surface area contributed by atoms with Crippen LogP contribution in [0.2, 0.25) is 0 Å².